The summed E-state index contributed by atoms with van der Waals surface area (Å²) in [4.78, 5) is 13.1. The van der Waals surface area contributed by atoms with E-state index >= 15 is 0 Å². The van der Waals surface area contributed by atoms with Gasteiger partial charge in [0.15, 0.2) is 0 Å². The molecule has 0 aromatic carbocycles. The lowest BCUT2D eigenvalue weighted by atomic mass is 9.48. The zero-order chi connectivity index (χ0) is 19.6. The molecule has 3 heteroatoms. The van der Waals surface area contributed by atoms with Crippen molar-refractivity contribution in [2.75, 3.05) is 0 Å². The fourth-order valence-corrected chi connectivity index (χ4v) is 7.30. The first-order valence-corrected chi connectivity index (χ1v) is 11.0. The van der Waals surface area contributed by atoms with Crippen molar-refractivity contribution in [1.29, 1.82) is 0 Å². The van der Waals surface area contributed by atoms with E-state index in [2.05, 4.69) is 64.0 Å². The summed E-state index contributed by atoms with van der Waals surface area (Å²) in [6, 6.07) is 0.530. The van der Waals surface area contributed by atoms with Crippen LogP contribution in [0.15, 0.2) is 24.4 Å². The van der Waals surface area contributed by atoms with Crippen molar-refractivity contribution in [3.05, 3.63) is 24.4 Å². The van der Waals surface area contributed by atoms with Gasteiger partial charge in [0.1, 0.15) is 0 Å². The van der Waals surface area contributed by atoms with Gasteiger partial charge in [0, 0.05) is 28.6 Å². The quantitative estimate of drug-likeness (QED) is 0.696. The molecule has 3 fully saturated rings. The highest BCUT2D eigenvalue weighted by molar-refractivity contribution is 5.80. The average molecular weight is 371 g/mol. The highest BCUT2D eigenvalue weighted by Gasteiger charge is 2.60. The zero-order valence-corrected chi connectivity index (χ0v) is 17.9. The number of allylic oxidation sites excluding steroid dienone is 1. The molecule has 0 spiro atoms. The van der Waals surface area contributed by atoms with Gasteiger partial charge in [-0.2, -0.15) is 0 Å². The van der Waals surface area contributed by atoms with Crippen LogP contribution >= 0.6 is 0 Å². The van der Waals surface area contributed by atoms with Gasteiger partial charge in [-0.05, 0) is 88.5 Å². The van der Waals surface area contributed by atoms with Crippen molar-refractivity contribution in [1.82, 2.24) is 10.6 Å². The highest BCUT2D eigenvalue weighted by Crippen LogP contribution is 2.65. The molecule has 3 aliphatic carbocycles. The minimum Gasteiger partial charge on any atom is -0.382 e. The van der Waals surface area contributed by atoms with E-state index in [0.717, 1.165) is 24.0 Å². The van der Waals surface area contributed by atoms with Crippen LogP contribution in [0.1, 0.15) is 73.1 Å². The van der Waals surface area contributed by atoms with Gasteiger partial charge in [-0.1, -0.05) is 26.5 Å². The van der Waals surface area contributed by atoms with Crippen LogP contribution in [-0.4, -0.2) is 17.5 Å². The number of carbonyl (C=O) groups excluding carboxylic acids is 1. The average Bonchev–Trinajstić information content (AvgIpc) is 2.91. The van der Waals surface area contributed by atoms with E-state index in [1.165, 1.54) is 32.1 Å². The Bertz CT molecular complexity index is 674. The molecule has 3 nitrogen and oxygen atoms in total. The molecule has 150 valence electrons. The number of hydrogen-bond acceptors (Lipinski definition) is 2. The van der Waals surface area contributed by atoms with E-state index in [4.69, 9.17) is 0 Å². The molecule has 1 amide bonds. The number of amides is 1. The van der Waals surface area contributed by atoms with Gasteiger partial charge < -0.3 is 10.6 Å². The summed E-state index contributed by atoms with van der Waals surface area (Å²) < 4.78 is 0. The fourth-order valence-electron chi connectivity index (χ4n) is 7.30. The minimum absolute atomic E-state index is 0.144. The SMILES string of the molecule is C=C1C=CC2(C)C(CCC3C2CCC2(C)C(C(=O)NC(C)(C)C)CCC32)N1. The number of hydrogen-bond donors (Lipinski definition) is 2. The maximum Gasteiger partial charge on any atom is 0.224 e. The summed E-state index contributed by atoms with van der Waals surface area (Å²) in [5, 5.41) is 6.95. The van der Waals surface area contributed by atoms with E-state index in [1.807, 2.05) is 0 Å². The van der Waals surface area contributed by atoms with Crippen LogP contribution in [0.4, 0.5) is 0 Å². The van der Waals surface area contributed by atoms with Crippen molar-refractivity contribution >= 4 is 5.91 Å². The lowest BCUT2D eigenvalue weighted by Gasteiger charge is -2.59. The highest BCUT2D eigenvalue weighted by atomic mass is 16.2. The molecule has 0 bridgehead atoms. The second-order valence-electron chi connectivity index (χ2n) is 11.3. The maximum atomic E-state index is 13.1. The largest absolute Gasteiger partial charge is 0.382 e. The number of fused-ring (bicyclic) bond motifs is 5. The third-order valence-corrected chi connectivity index (χ3v) is 8.59. The molecule has 0 radical (unpaired) electrons. The van der Waals surface area contributed by atoms with Crippen molar-refractivity contribution < 1.29 is 4.79 Å². The van der Waals surface area contributed by atoms with Gasteiger partial charge in [0.25, 0.3) is 0 Å². The molecule has 2 N–H and O–H groups in total. The van der Waals surface area contributed by atoms with Crippen LogP contribution in [0, 0.1) is 34.5 Å². The first kappa shape index (κ1) is 19.1. The van der Waals surface area contributed by atoms with Gasteiger partial charge >= 0.3 is 0 Å². The lowest BCUT2D eigenvalue weighted by molar-refractivity contribution is -0.134. The third kappa shape index (κ3) is 2.96. The molecular weight excluding hydrogens is 332 g/mol. The smallest absolute Gasteiger partial charge is 0.224 e. The topological polar surface area (TPSA) is 41.1 Å². The molecule has 1 aliphatic heterocycles. The van der Waals surface area contributed by atoms with Gasteiger partial charge in [0.05, 0.1) is 0 Å². The van der Waals surface area contributed by atoms with Crippen LogP contribution in [0.25, 0.3) is 0 Å². The van der Waals surface area contributed by atoms with E-state index < -0.39 is 0 Å². The van der Waals surface area contributed by atoms with Gasteiger partial charge in [-0.15, -0.1) is 0 Å². The lowest BCUT2D eigenvalue weighted by Crippen LogP contribution is -2.58. The minimum atomic E-state index is -0.144. The monoisotopic (exact) mass is 370 g/mol. The van der Waals surface area contributed by atoms with E-state index in [-0.39, 0.29) is 22.3 Å². The van der Waals surface area contributed by atoms with E-state index in [0.29, 0.717) is 17.9 Å². The summed E-state index contributed by atoms with van der Waals surface area (Å²) in [6.45, 7) is 15.3. The normalized spacial score (nSPS) is 46.1. The predicted octanol–water partition coefficient (Wildman–Crippen LogP) is 4.80. The van der Waals surface area contributed by atoms with E-state index in [1.54, 1.807) is 0 Å². The Labute approximate surface area is 165 Å². The van der Waals surface area contributed by atoms with Gasteiger partial charge in [0.2, 0.25) is 5.91 Å². The second kappa shape index (κ2) is 6.12. The van der Waals surface area contributed by atoms with Crippen LogP contribution < -0.4 is 10.6 Å². The number of carbonyl (C=O) groups is 1. The molecule has 1 heterocycles. The summed E-state index contributed by atoms with van der Waals surface area (Å²) in [7, 11) is 0. The first-order valence-electron chi connectivity index (χ1n) is 11.0. The Balaban J connectivity index is 1.58. The molecule has 7 atom stereocenters. The number of rotatable bonds is 1. The number of nitrogens with one attached hydrogen (secondary N) is 2. The van der Waals surface area contributed by atoms with E-state index in [9.17, 15) is 4.79 Å². The molecule has 3 saturated carbocycles. The van der Waals surface area contributed by atoms with Gasteiger partial charge in [-0.3, -0.25) is 4.79 Å². The molecule has 7 unspecified atom stereocenters. The van der Waals surface area contributed by atoms with Crippen molar-refractivity contribution in [3.8, 4) is 0 Å². The zero-order valence-electron chi connectivity index (χ0n) is 17.9. The summed E-state index contributed by atoms with van der Waals surface area (Å²) in [5.74, 6) is 2.67. The second-order valence-corrected chi connectivity index (χ2v) is 11.3. The van der Waals surface area contributed by atoms with Crippen LogP contribution in [0.2, 0.25) is 0 Å². The molecule has 4 aliphatic rings. The van der Waals surface area contributed by atoms with Crippen molar-refractivity contribution in [3.63, 3.8) is 0 Å². The molecule has 4 rings (SSSR count). The molecule has 0 saturated heterocycles. The fraction of sp³-hybridized carbons (Fsp3) is 0.792. The third-order valence-electron chi connectivity index (χ3n) is 8.59. The van der Waals surface area contributed by atoms with Gasteiger partial charge in [-0.25, -0.2) is 0 Å². The van der Waals surface area contributed by atoms with Crippen LogP contribution in [-0.2, 0) is 4.79 Å². The molecule has 0 aromatic heterocycles. The van der Waals surface area contributed by atoms with Crippen LogP contribution in [0.5, 0.6) is 0 Å². The Hall–Kier alpha value is -1.25. The Morgan fingerprint density at radius 2 is 1.89 bits per heavy atom. The van der Waals surface area contributed by atoms with Crippen molar-refractivity contribution in [2.45, 2.75) is 84.7 Å². The Morgan fingerprint density at radius 3 is 2.59 bits per heavy atom. The standard InChI is InChI=1S/C24H38N2O/c1-15-11-13-24(6)18-12-14-23(5)17(16(18)7-10-20(24)25-15)8-9-19(23)21(27)26-22(2,3)4/h11,13,16-20,25H,1,7-10,12,14H2,2-6H3,(H,26,27). The molecule has 0 aromatic rings. The maximum absolute atomic E-state index is 13.1. The van der Waals surface area contributed by atoms with Crippen LogP contribution in [0.3, 0.4) is 0 Å². The Morgan fingerprint density at radius 1 is 1.15 bits per heavy atom. The Kier molecular flexibility index (Phi) is 4.33. The first-order chi connectivity index (χ1) is 12.5. The summed E-state index contributed by atoms with van der Waals surface area (Å²) in [5.41, 5.74) is 1.33. The summed E-state index contributed by atoms with van der Waals surface area (Å²) >= 11 is 0. The molecule has 27 heavy (non-hydrogen) atoms. The van der Waals surface area contributed by atoms with Crippen molar-refractivity contribution in [2.24, 2.45) is 34.5 Å². The predicted molar refractivity (Wildman–Crippen MR) is 111 cm³/mol. The summed E-state index contributed by atoms with van der Waals surface area (Å²) in [6.07, 6.45) is 11.9. The molecular formula is C24H38N2O.